The van der Waals surface area contributed by atoms with Crippen molar-refractivity contribution in [3.8, 4) is 0 Å². The maximum atomic E-state index is 12.7. The monoisotopic (exact) mass is 418 g/mol. The van der Waals surface area contributed by atoms with Gasteiger partial charge in [0.15, 0.2) is 0 Å². The fraction of sp³-hybridized carbons (Fsp3) is 0.550. The lowest BCUT2D eigenvalue weighted by molar-refractivity contribution is -0.384. The van der Waals surface area contributed by atoms with Gasteiger partial charge in [-0.25, -0.2) is 8.42 Å². The van der Waals surface area contributed by atoms with Gasteiger partial charge in [0.1, 0.15) is 5.69 Å². The summed E-state index contributed by atoms with van der Waals surface area (Å²) in [6.07, 6.45) is 7.74. The molecule has 5 rings (SSSR count). The minimum absolute atomic E-state index is 0.0575. The maximum Gasteiger partial charge on any atom is 0.295 e. The molecular formula is C20H26N4O4S. The summed E-state index contributed by atoms with van der Waals surface area (Å²) < 4.78 is 26.8. The Hall–Kier alpha value is -2.26. The Kier molecular flexibility index (Phi) is 4.98. The molecule has 0 spiro atoms. The number of nitro benzene ring substituents is 1. The number of fused-ring (bicyclic) bond motifs is 1. The molecule has 1 heterocycles. The predicted molar refractivity (Wildman–Crippen MR) is 111 cm³/mol. The van der Waals surface area contributed by atoms with E-state index in [0.717, 1.165) is 43.2 Å². The lowest BCUT2D eigenvalue weighted by Gasteiger charge is -2.55. The van der Waals surface area contributed by atoms with E-state index < -0.39 is 14.9 Å². The Morgan fingerprint density at radius 3 is 2.66 bits per heavy atom. The molecule has 2 unspecified atom stereocenters. The van der Waals surface area contributed by atoms with Crippen LogP contribution in [0.25, 0.3) is 0 Å². The first-order chi connectivity index (χ1) is 13.7. The lowest BCUT2D eigenvalue weighted by atomic mass is 9.49. The van der Waals surface area contributed by atoms with Gasteiger partial charge < -0.3 is 0 Å². The van der Waals surface area contributed by atoms with Crippen molar-refractivity contribution in [1.29, 1.82) is 0 Å². The third-order valence-electron chi connectivity index (χ3n) is 6.78. The second-order valence-corrected chi connectivity index (χ2v) is 10.6. The number of nitrogens with one attached hydrogen (secondary N) is 1. The molecule has 2 fully saturated rings. The van der Waals surface area contributed by atoms with Crippen LogP contribution in [0, 0.1) is 27.4 Å². The van der Waals surface area contributed by atoms with E-state index in [-0.39, 0.29) is 21.7 Å². The van der Waals surface area contributed by atoms with Crippen LogP contribution in [0.1, 0.15) is 39.5 Å². The molecule has 1 aromatic rings. The van der Waals surface area contributed by atoms with E-state index in [4.69, 9.17) is 0 Å². The predicted octanol–water partition coefficient (Wildman–Crippen LogP) is 3.77. The van der Waals surface area contributed by atoms with Crippen molar-refractivity contribution in [2.45, 2.75) is 44.4 Å². The fourth-order valence-electron chi connectivity index (χ4n) is 4.72. The average molecular weight is 419 g/mol. The maximum absolute atomic E-state index is 12.7. The quantitative estimate of drug-likeness (QED) is 0.430. The number of hydrogen-bond acceptors (Lipinski definition) is 6. The van der Waals surface area contributed by atoms with Crippen molar-refractivity contribution < 1.29 is 13.3 Å². The van der Waals surface area contributed by atoms with Crippen molar-refractivity contribution in [3.63, 3.8) is 0 Å². The average Bonchev–Trinajstić information content (AvgIpc) is 3.23. The van der Waals surface area contributed by atoms with Gasteiger partial charge in [0.05, 0.1) is 16.0 Å². The molecule has 2 atom stereocenters. The van der Waals surface area contributed by atoms with Gasteiger partial charge in [-0.1, -0.05) is 19.9 Å². The third kappa shape index (κ3) is 3.46. The molecule has 9 heteroatoms. The zero-order valence-electron chi connectivity index (χ0n) is 16.7. The fourth-order valence-corrected chi connectivity index (χ4v) is 6.25. The van der Waals surface area contributed by atoms with E-state index in [1.54, 1.807) is 6.21 Å². The van der Waals surface area contributed by atoms with Gasteiger partial charge in [0, 0.05) is 19.2 Å². The zero-order chi connectivity index (χ0) is 20.8. The standard InChI is InChI=1S/C20H26N4O4S/c1-20(2)15-6-5-14(17(20)11-15)13-21-22-18-8-7-16(12-19(18)24(25)26)29(27,28)23-9-3-4-10-23/h5,7-8,12-13,15,17,22H,3-4,6,9-11H2,1-2H3/b21-13+. The van der Waals surface area contributed by atoms with E-state index in [0.29, 0.717) is 19.0 Å². The summed E-state index contributed by atoms with van der Waals surface area (Å²) in [7, 11) is -3.71. The van der Waals surface area contributed by atoms with Crippen LogP contribution in [0.2, 0.25) is 0 Å². The van der Waals surface area contributed by atoms with Crippen molar-refractivity contribution in [2.75, 3.05) is 18.5 Å². The highest BCUT2D eigenvalue weighted by molar-refractivity contribution is 7.89. The smallest absolute Gasteiger partial charge is 0.272 e. The molecule has 2 bridgehead atoms. The number of hydrazone groups is 1. The van der Waals surface area contributed by atoms with Crippen LogP contribution in [0.3, 0.4) is 0 Å². The van der Waals surface area contributed by atoms with Crippen molar-refractivity contribution >= 4 is 27.6 Å². The SMILES string of the molecule is CC1(C)C2CC=C(/C=N/Nc3ccc(S(=O)(=O)N4CCCC4)cc3[N+](=O)[O-])C1C2. The summed E-state index contributed by atoms with van der Waals surface area (Å²) in [6.45, 7) is 5.44. The van der Waals surface area contributed by atoms with Gasteiger partial charge in [-0.2, -0.15) is 9.41 Å². The van der Waals surface area contributed by atoms with Crippen molar-refractivity contribution in [3.05, 3.63) is 40.0 Å². The van der Waals surface area contributed by atoms with E-state index in [9.17, 15) is 18.5 Å². The molecule has 0 aromatic heterocycles. The summed E-state index contributed by atoms with van der Waals surface area (Å²) in [6, 6.07) is 3.93. The lowest BCUT2D eigenvalue weighted by Crippen LogP contribution is -2.48. The van der Waals surface area contributed by atoms with E-state index >= 15 is 0 Å². The number of hydrogen-bond donors (Lipinski definition) is 1. The van der Waals surface area contributed by atoms with Crippen LogP contribution in [0.5, 0.6) is 0 Å². The molecule has 1 aromatic carbocycles. The highest BCUT2D eigenvalue weighted by Crippen LogP contribution is 2.58. The molecule has 1 N–H and O–H groups in total. The molecule has 29 heavy (non-hydrogen) atoms. The Balaban J connectivity index is 1.53. The number of nitrogens with zero attached hydrogens (tertiary/aromatic N) is 3. The van der Waals surface area contributed by atoms with Gasteiger partial charge >= 0.3 is 0 Å². The largest absolute Gasteiger partial charge is 0.295 e. The summed E-state index contributed by atoms with van der Waals surface area (Å²) in [5.74, 6) is 1.19. The van der Waals surface area contributed by atoms with Crippen LogP contribution in [-0.2, 0) is 10.0 Å². The van der Waals surface area contributed by atoms with E-state index in [1.807, 2.05) is 0 Å². The van der Waals surface area contributed by atoms with E-state index in [1.165, 1.54) is 16.4 Å². The zero-order valence-corrected chi connectivity index (χ0v) is 17.5. The first-order valence-corrected chi connectivity index (χ1v) is 11.4. The van der Waals surface area contributed by atoms with Gasteiger partial charge in [-0.05, 0) is 60.6 Å². The van der Waals surface area contributed by atoms with E-state index in [2.05, 4.69) is 30.5 Å². The number of sulfonamides is 1. The number of nitro groups is 1. The van der Waals surface area contributed by atoms with Crippen LogP contribution in [-0.4, -0.2) is 37.0 Å². The first kappa shape index (κ1) is 20.0. The van der Waals surface area contributed by atoms with Gasteiger partial charge in [-0.15, -0.1) is 0 Å². The van der Waals surface area contributed by atoms with Gasteiger partial charge in [0.2, 0.25) is 10.0 Å². The Labute approximate surface area is 170 Å². The number of benzene rings is 1. The molecule has 8 nitrogen and oxygen atoms in total. The number of anilines is 1. The highest BCUT2D eigenvalue weighted by atomic mass is 32.2. The Morgan fingerprint density at radius 2 is 2.03 bits per heavy atom. The molecule has 156 valence electrons. The highest BCUT2D eigenvalue weighted by Gasteiger charge is 2.50. The van der Waals surface area contributed by atoms with Crippen molar-refractivity contribution in [1.82, 2.24) is 4.31 Å². The molecule has 0 radical (unpaired) electrons. The molecule has 3 aliphatic carbocycles. The van der Waals surface area contributed by atoms with Crippen LogP contribution < -0.4 is 5.43 Å². The minimum atomic E-state index is -3.71. The normalized spacial score (nSPS) is 26.2. The second-order valence-electron chi connectivity index (χ2n) is 8.66. The van der Waals surface area contributed by atoms with Crippen molar-refractivity contribution in [2.24, 2.45) is 22.4 Å². The molecule has 1 aliphatic heterocycles. The van der Waals surface area contributed by atoms with Crippen LogP contribution in [0.15, 0.2) is 39.8 Å². The molecule has 4 aliphatic rings. The number of rotatable bonds is 6. The van der Waals surface area contributed by atoms with Gasteiger partial charge in [-0.3, -0.25) is 15.5 Å². The molecular weight excluding hydrogens is 392 g/mol. The topological polar surface area (TPSA) is 105 Å². The molecule has 1 saturated heterocycles. The van der Waals surface area contributed by atoms with Crippen LogP contribution in [0.4, 0.5) is 11.4 Å². The first-order valence-electron chi connectivity index (χ1n) is 9.99. The second kappa shape index (κ2) is 7.21. The van der Waals surface area contributed by atoms with Gasteiger partial charge in [0.25, 0.3) is 5.69 Å². The molecule has 0 amide bonds. The summed E-state index contributed by atoms with van der Waals surface area (Å²) in [4.78, 5) is 10.9. The number of allylic oxidation sites excluding steroid dienone is 2. The minimum Gasteiger partial charge on any atom is -0.272 e. The summed E-state index contributed by atoms with van der Waals surface area (Å²) in [5.41, 5.74) is 4.03. The Morgan fingerprint density at radius 1 is 1.31 bits per heavy atom. The van der Waals surface area contributed by atoms with Crippen LogP contribution >= 0.6 is 0 Å². The third-order valence-corrected chi connectivity index (χ3v) is 8.67. The summed E-state index contributed by atoms with van der Waals surface area (Å²) in [5, 5.41) is 15.7. The Bertz CT molecular complexity index is 994. The summed E-state index contributed by atoms with van der Waals surface area (Å²) >= 11 is 0. The molecule has 1 saturated carbocycles.